The highest BCUT2D eigenvalue weighted by Crippen LogP contribution is 2.19. The first kappa shape index (κ1) is 15.8. The van der Waals surface area contributed by atoms with Crippen molar-refractivity contribution >= 4 is 11.3 Å². The summed E-state index contributed by atoms with van der Waals surface area (Å²) in [5.74, 6) is 1.64. The molecule has 0 aliphatic carbocycles. The lowest BCUT2D eigenvalue weighted by molar-refractivity contribution is 0.319. The van der Waals surface area contributed by atoms with Crippen LogP contribution in [0.2, 0.25) is 0 Å². The van der Waals surface area contributed by atoms with Crippen LogP contribution in [0.15, 0.2) is 30.5 Å². The highest BCUT2D eigenvalue weighted by atomic mass is 32.1. The van der Waals surface area contributed by atoms with E-state index in [0.717, 1.165) is 29.5 Å². The topological polar surface area (TPSA) is 43.4 Å². The Balaban J connectivity index is 1.77. The third-order valence-corrected chi connectivity index (χ3v) is 3.97. The predicted molar refractivity (Wildman–Crippen MR) is 86.3 cm³/mol. The summed E-state index contributed by atoms with van der Waals surface area (Å²) in [5, 5.41) is 4.50. The van der Waals surface area contributed by atoms with Crippen LogP contribution < -0.4 is 14.8 Å². The van der Waals surface area contributed by atoms with Gasteiger partial charge < -0.3 is 14.8 Å². The van der Waals surface area contributed by atoms with Crippen LogP contribution in [0, 0.1) is 0 Å². The molecule has 21 heavy (non-hydrogen) atoms. The zero-order chi connectivity index (χ0) is 15.1. The highest BCUT2D eigenvalue weighted by molar-refractivity contribution is 7.11. The Kier molecular flexibility index (Phi) is 6.02. The maximum Gasteiger partial charge on any atom is 0.123 e. The molecule has 0 aliphatic heterocycles. The van der Waals surface area contributed by atoms with Crippen molar-refractivity contribution in [3.63, 3.8) is 0 Å². The molecule has 1 heterocycles. The number of hydrogen-bond acceptors (Lipinski definition) is 5. The van der Waals surface area contributed by atoms with Gasteiger partial charge in [0.05, 0.1) is 18.7 Å². The van der Waals surface area contributed by atoms with Gasteiger partial charge in [0.1, 0.15) is 11.5 Å². The van der Waals surface area contributed by atoms with Crippen LogP contribution in [0.4, 0.5) is 0 Å². The van der Waals surface area contributed by atoms with Crippen LogP contribution in [-0.4, -0.2) is 24.7 Å². The summed E-state index contributed by atoms with van der Waals surface area (Å²) >= 11 is 1.74. The minimum absolute atomic E-state index is 0.493. The lowest BCUT2D eigenvalue weighted by atomic mass is 10.3. The second-order valence-electron chi connectivity index (χ2n) is 5.03. The molecule has 5 heteroatoms. The van der Waals surface area contributed by atoms with E-state index in [2.05, 4.69) is 24.1 Å². The molecular weight excluding hydrogens is 284 g/mol. The normalized spacial score (nSPS) is 10.9. The van der Waals surface area contributed by atoms with E-state index in [1.807, 2.05) is 30.5 Å². The highest BCUT2D eigenvalue weighted by Gasteiger charge is 2.04. The smallest absolute Gasteiger partial charge is 0.123 e. The van der Waals surface area contributed by atoms with Crippen LogP contribution in [0.3, 0.4) is 0 Å². The fourth-order valence-electron chi connectivity index (χ4n) is 1.80. The second-order valence-corrected chi connectivity index (χ2v) is 6.23. The molecule has 0 aliphatic rings. The molecule has 114 valence electrons. The van der Waals surface area contributed by atoms with Gasteiger partial charge in [-0.2, -0.15) is 0 Å². The van der Waals surface area contributed by atoms with Gasteiger partial charge in [0, 0.05) is 36.1 Å². The Hall–Kier alpha value is -1.59. The van der Waals surface area contributed by atoms with E-state index < -0.39 is 0 Å². The van der Waals surface area contributed by atoms with Crippen molar-refractivity contribution in [1.29, 1.82) is 0 Å². The SMILES string of the molecule is COc1cccc(OCCc2ncc(CNC(C)C)s2)c1. The molecule has 1 N–H and O–H groups in total. The minimum atomic E-state index is 0.493. The molecule has 0 atom stereocenters. The van der Waals surface area contributed by atoms with Gasteiger partial charge in [-0.15, -0.1) is 11.3 Å². The van der Waals surface area contributed by atoms with Gasteiger partial charge in [-0.25, -0.2) is 4.98 Å². The number of rotatable bonds is 8. The second kappa shape index (κ2) is 8.00. The minimum Gasteiger partial charge on any atom is -0.497 e. The standard InChI is InChI=1S/C16H22N2O2S/c1-12(2)17-10-15-11-18-16(21-15)7-8-20-14-6-4-5-13(9-14)19-3/h4-6,9,11-12,17H,7-8,10H2,1-3H3. The lowest BCUT2D eigenvalue weighted by Gasteiger charge is -2.06. The average Bonchev–Trinajstić information content (AvgIpc) is 2.93. The summed E-state index contributed by atoms with van der Waals surface area (Å²) < 4.78 is 10.9. The molecule has 0 radical (unpaired) electrons. The number of thiazole rings is 1. The van der Waals surface area contributed by atoms with Crippen LogP contribution in [0.1, 0.15) is 23.7 Å². The van der Waals surface area contributed by atoms with Crippen LogP contribution in [0.25, 0.3) is 0 Å². The van der Waals surface area contributed by atoms with E-state index in [4.69, 9.17) is 9.47 Å². The van der Waals surface area contributed by atoms with Gasteiger partial charge in [0.15, 0.2) is 0 Å². The third-order valence-electron chi connectivity index (χ3n) is 2.91. The first-order chi connectivity index (χ1) is 10.2. The van der Waals surface area contributed by atoms with Crippen molar-refractivity contribution in [1.82, 2.24) is 10.3 Å². The van der Waals surface area contributed by atoms with E-state index in [0.29, 0.717) is 12.6 Å². The van der Waals surface area contributed by atoms with Crippen LogP contribution in [-0.2, 0) is 13.0 Å². The van der Waals surface area contributed by atoms with Gasteiger partial charge in [-0.1, -0.05) is 19.9 Å². The van der Waals surface area contributed by atoms with Crippen molar-refractivity contribution in [2.75, 3.05) is 13.7 Å². The summed E-state index contributed by atoms with van der Waals surface area (Å²) in [4.78, 5) is 5.70. The molecule has 1 aromatic carbocycles. The Morgan fingerprint density at radius 1 is 1.29 bits per heavy atom. The maximum absolute atomic E-state index is 5.73. The Morgan fingerprint density at radius 2 is 2.10 bits per heavy atom. The fourth-order valence-corrected chi connectivity index (χ4v) is 2.65. The van der Waals surface area contributed by atoms with Crippen molar-refractivity contribution in [2.24, 2.45) is 0 Å². The summed E-state index contributed by atoms with van der Waals surface area (Å²) in [7, 11) is 1.65. The molecule has 0 unspecified atom stereocenters. The number of methoxy groups -OCH3 is 1. The number of benzene rings is 1. The van der Waals surface area contributed by atoms with Gasteiger partial charge in [0.2, 0.25) is 0 Å². The van der Waals surface area contributed by atoms with Gasteiger partial charge >= 0.3 is 0 Å². The maximum atomic E-state index is 5.73. The third kappa shape index (κ3) is 5.36. The molecule has 0 saturated heterocycles. The van der Waals surface area contributed by atoms with Gasteiger partial charge in [-0.3, -0.25) is 0 Å². The molecule has 0 bridgehead atoms. The number of hydrogen-bond donors (Lipinski definition) is 1. The molecule has 0 fully saturated rings. The van der Waals surface area contributed by atoms with Crippen molar-refractivity contribution < 1.29 is 9.47 Å². The molecule has 2 aromatic rings. The number of nitrogens with one attached hydrogen (secondary N) is 1. The molecule has 2 rings (SSSR count). The lowest BCUT2D eigenvalue weighted by Crippen LogP contribution is -2.21. The van der Waals surface area contributed by atoms with Gasteiger partial charge in [-0.05, 0) is 12.1 Å². The van der Waals surface area contributed by atoms with Crippen molar-refractivity contribution in [3.05, 3.63) is 40.3 Å². The summed E-state index contributed by atoms with van der Waals surface area (Å²) in [5.41, 5.74) is 0. The van der Waals surface area contributed by atoms with Gasteiger partial charge in [0.25, 0.3) is 0 Å². The number of nitrogens with zero attached hydrogens (tertiary/aromatic N) is 1. The molecule has 0 spiro atoms. The first-order valence-corrected chi connectivity index (χ1v) is 7.93. The Bertz CT molecular complexity index is 555. The molecule has 0 amide bonds. The number of aromatic nitrogens is 1. The number of ether oxygens (including phenoxy) is 2. The molecule has 0 saturated carbocycles. The van der Waals surface area contributed by atoms with E-state index in [1.165, 1.54) is 4.88 Å². The van der Waals surface area contributed by atoms with E-state index >= 15 is 0 Å². The van der Waals surface area contributed by atoms with E-state index in [-0.39, 0.29) is 0 Å². The van der Waals surface area contributed by atoms with Crippen LogP contribution in [0.5, 0.6) is 11.5 Å². The monoisotopic (exact) mass is 306 g/mol. The zero-order valence-electron chi connectivity index (χ0n) is 12.8. The summed E-state index contributed by atoms with van der Waals surface area (Å²) in [6.07, 6.45) is 2.77. The first-order valence-electron chi connectivity index (χ1n) is 7.11. The van der Waals surface area contributed by atoms with E-state index in [1.54, 1.807) is 18.4 Å². The Labute approximate surface area is 130 Å². The molecule has 4 nitrogen and oxygen atoms in total. The van der Waals surface area contributed by atoms with Crippen molar-refractivity contribution in [2.45, 2.75) is 32.9 Å². The van der Waals surface area contributed by atoms with E-state index in [9.17, 15) is 0 Å². The predicted octanol–water partition coefficient (Wildman–Crippen LogP) is 3.27. The molecular formula is C16H22N2O2S. The summed E-state index contributed by atoms with van der Waals surface area (Å²) in [6, 6.07) is 8.14. The zero-order valence-corrected chi connectivity index (χ0v) is 13.6. The van der Waals surface area contributed by atoms with Crippen molar-refractivity contribution in [3.8, 4) is 11.5 Å². The fraction of sp³-hybridized carbons (Fsp3) is 0.438. The quantitative estimate of drug-likeness (QED) is 0.813. The molecule has 1 aromatic heterocycles. The Morgan fingerprint density at radius 3 is 2.86 bits per heavy atom. The van der Waals surface area contributed by atoms with Crippen LogP contribution >= 0.6 is 11.3 Å². The summed E-state index contributed by atoms with van der Waals surface area (Å²) in [6.45, 7) is 5.79. The largest absolute Gasteiger partial charge is 0.497 e. The average molecular weight is 306 g/mol.